The average Bonchev–Trinajstić information content (AvgIpc) is 3.25. The van der Waals surface area contributed by atoms with Crippen LogP contribution in [0.2, 0.25) is 0 Å². The molecule has 1 saturated heterocycles. The van der Waals surface area contributed by atoms with Crippen LogP contribution in [0.3, 0.4) is 0 Å². The quantitative estimate of drug-likeness (QED) is 0.742. The van der Waals surface area contributed by atoms with Crippen molar-refractivity contribution in [2.45, 2.75) is 32.7 Å². The average molecular weight is 399 g/mol. The molecule has 2 aromatic rings. The number of hydrogen-bond acceptors (Lipinski definition) is 4. The van der Waals surface area contributed by atoms with Crippen LogP contribution in [-0.2, 0) is 13.5 Å². The first-order chi connectivity index (χ1) is 13.9. The molecule has 158 valence electrons. The molecule has 1 aromatic heterocycles. The Bertz CT molecular complexity index is 785. The standard InChI is InChI=1S/C23H34N4O2/c1-5-19-14-27(23(29)21-13-17(2)26(4)24-21)22(16-28)20(19)15-25(3)12-11-18-9-7-6-8-10-18/h6-10,13,19-20,22,28H,5,11-12,14-16H2,1-4H3/t19-,20-,22-/m1/s1. The number of aliphatic hydroxyl groups excluding tert-OH is 1. The number of rotatable bonds is 8. The zero-order chi connectivity index (χ0) is 21.0. The topological polar surface area (TPSA) is 61.6 Å². The number of amides is 1. The van der Waals surface area contributed by atoms with Crippen molar-refractivity contribution in [3.05, 3.63) is 53.3 Å². The molecule has 3 atom stereocenters. The zero-order valence-electron chi connectivity index (χ0n) is 18.1. The molecule has 29 heavy (non-hydrogen) atoms. The third-order valence-electron chi connectivity index (χ3n) is 6.38. The summed E-state index contributed by atoms with van der Waals surface area (Å²) in [5, 5.41) is 14.5. The van der Waals surface area contributed by atoms with Gasteiger partial charge in [0.2, 0.25) is 0 Å². The Morgan fingerprint density at radius 3 is 2.62 bits per heavy atom. The third-order valence-corrected chi connectivity index (χ3v) is 6.38. The van der Waals surface area contributed by atoms with Crippen molar-refractivity contribution in [3.63, 3.8) is 0 Å². The highest BCUT2D eigenvalue weighted by Gasteiger charge is 2.43. The fourth-order valence-electron chi connectivity index (χ4n) is 4.47. The van der Waals surface area contributed by atoms with Gasteiger partial charge in [0.25, 0.3) is 5.91 Å². The van der Waals surface area contributed by atoms with E-state index in [1.54, 1.807) is 4.68 Å². The SMILES string of the molecule is CC[C@@H]1CN(C(=O)c2cc(C)n(C)n2)[C@H](CO)[C@@H]1CN(C)CCc1ccccc1. The molecule has 0 saturated carbocycles. The van der Waals surface area contributed by atoms with Gasteiger partial charge in [-0.2, -0.15) is 5.10 Å². The van der Waals surface area contributed by atoms with Crippen LogP contribution < -0.4 is 0 Å². The minimum atomic E-state index is -0.158. The van der Waals surface area contributed by atoms with E-state index in [1.165, 1.54) is 5.56 Å². The highest BCUT2D eigenvalue weighted by Crippen LogP contribution is 2.33. The second kappa shape index (κ2) is 9.55. The van der Waals surface area contributed by atoms with Crippen molar-refractivity contribution in [1.29, 1.82) is 0 Å². The second-order valence-electron chi connectivity index (χ2n) is 8.33. The number of likely N-dealkylation sites (N-methyl/N-ethyl adjacent to an activating group) is 1. The molecule has 0 unspecified atom stereocenters. The molecule has 1 fully saturated rings. The summed E-state index contributed by atoms with van der Waals surface area (Å²) in [7, 11) is 3.98. The molecule has 1 aliphatic rings. The lowest BCUT2D eigenvalue weighted by molar-refractivity contribution is 0.0617. The zero-order valence-corrected chi connectivity index (χ0v) is 18.1. The maximum absolute atomic E-state index is 13.1. The van der Waals surface area contributed by atoms with E-state index in [0.717, 1.165) is 31.6 Å². The Kier molecular flexibility index (Phi) is 7.09. The first-order valence-corrected chi connectivity index (χ1v) is 10.6. The summed E-state index contributed by atoms with van der Waals surface area (Å²) in [4.78, 5) is 17.3. The van der Waals surface area contributed by atoms with Gasteiger partial charge >= 0.3 is 0 Å². The normalized spacial score (nSPS) is 21.9. The van der Waals surface area contributed by atoms with Crippen LogP contribution in [0.25, 0.3) is 0 Å². The molecule has 3 rings (SSSR count). The number of nitrogens with zero attached hydrogens (tertiary/aromatic N) is 4. The van der Waals surface area contributed by atoms with Gasteiger partial charge in [-0.25, -0.2) is 0 Å². The highest BCUT2D eigenvalue weighted by atomic mass is 16.3. The molecule has 2 heterocycles. The number of benzene rings is 1. The molecule has 6 heteroatoms. The number of aromatic nitrogens is 2. The van der Waals surface area contributed by atoms with Crippen molar-refractivity contribution < 1.29 is 9.90 Å². The van der Waals surface area contributed by atoms with Crippen LogP contribution in [0.15, 0.2) is 36.4 Å². The van der Waals surface area contributed by atoms with Gasteiger partial charge < -0.3 is 14.9 Å². The van der Waals surface area contributed by atoms with E-state index in [0.29, 0.717) is 18.2 Å². The lowest BCUT2D eigenvalue weighted by atomic mass is 9.88. The predicted octanol–water partition coefficient (Wildman–Crippen LogP) is 2.36. The van der Waals surface area contributed by atoms with Crippen molar-refractivity contribution in [2.75, 3.05) is 33.3 Å². The molecule has 6 nitrogen and oxygen atoms in total. The van der Waals surface area contributed by atoms with Gasteiger partial charge in [0.1, 0.15) is 0 Å². The minimum absolute atomic E-state index is 0.00868. The summed E-state index contributed by atoms with van der Waals surface area (Å²) < 4.78 is 1.73. The summed E-state index contributed by atoms with van der Waals surface area (Å²) in [6.07, 6.45) is 2.00. The van der Waals surface area contributed by atoms with Crippen molar-refractivity contribution in [3.8, 4) is 0 Å². The van der Waals surface area contributed by atoms with Gasteiger partial charge in [-0.15, -0.1) is 0 Å². The number of aryl methyl sites for hydroxylation is 2. The van der Waals surface area contributed by atoms with Crippen LogP contribution in [0.1, 0.15) is 35.1 Å². The number of likely N-dealkylation sites (tertiary alicyclic amines) is 1. The maximum atomic E-state index is 13.1. The molecule has 0 aliphatic carbocycles. The van der Waals surface area contributed by atoms with Gasteiger partial charge in [-0.3, -0.25) is 9.48 Å². The molecular weight excluding hydrogens is 364 g/mol. The van der Waals surface area contributed by atoms with Crippen molar-refractivity contribution >= 4 is 5.91 Å². The highest BCUT2D eigenvalue weighted by molar-refractivity contribution is 5.93. The molecule has 1 amide bonds. The van der Waals surface area contributed by atoms with Gasteiger partial charge in [0.15, 0.2) is 5.69 Å². The number of carbonyl (C=O) groups is 1. The smallest absolute Gasteiger partial charge is 0.274 e. The van der Waals surface area contributed by atoms with Gasteiger partial charge in [-0.05, 0) is 43.9 Å². The minimum Gasteiger partial charge on any atom is -0.394 e. The van der Waals surface area contributed by atoms with Crippen LogP contribution in [-0.4, -0.2) is 69.9 Å². The molecule has 1 N–H and O–H groups in total. The predicted molar refractivity (Wildman–Crippen MR) is 115 cm³/mol. The second-order valence-corrected chi connectivity index (χ2v) is 8.33. The van der Waals surface area contributed by atoms with Crippen LogP contribution in [0.5, 0.6) is 0 Å². The Labute approximate surface area is 174 Å². The van der Waals surface area contributed by atoms with E-state index in [2.05, 4.69) is 48.2 Å². The largest absolute Gasteiger partial charge is 0.394 e. The van der Waals surface area contributed by atoms with Gasteiger partial charge in [0, 0.05) is 32.4 Å². The van der Waals surface area contributed by atoms with Crippen LogP contribution >= 0.6 is 0 Å². The monoisotopic (exact) mass is 398 g/mol. The summed E-state index contributed by atoms with van der Waals surface area (Å²) in [6, 6.07) is 12.2. The lowest BCUT2D eigenvalue weighted by Crippen LogP contribution is -2.43. The van der Waals surface area contributed by atoms with E-state index >= 15 is 0 Å². The molecule has 1 aromatic carbocycles. The number of carbonyl (C=O) groups excluding carboxylic acids is 1. The summed E-state index contributed by atoms with van der Waals surface area (Å²) in [6.45, 7) is 6.63. The summed E-state index contributed by atoms with van der Waals surface area (Å²) >= 11 is 0. The number of hydrogen-bond donors (Lipinski definition) is 1. The fraction of sp³-hybridized carbons (Fsp3) is 0.565. The fourth-order valence-corrected chi connectivity index (χ4v) is 4.47. The molecular formula is C23H34N4O2. The lowest BCUT2D eigenvalue weighted by Gasteiger charge is -2.30. The molecule has 1 aliphatic heterocycles. The Hall–Kier alpha value is -2.18. The van der Waals surface area contributed by atoms with E-state index in [9.17, 15) is 9.90 Å². The van der Waals surface area contributed by atoms with Crippen molar-refractivity contribution in [1.82, 2.24) is 19.6 Å². The molecule has 0 radical (unpaired) electrons. The molecule has 0 spiro atoms. The van der Waals surface area contributed by atoms with Gasteiger partial charge in [0.05, 0.1) is 12.6 Å². The van der Waals surface area contributed by atoms with E-state index in [1.807, 2.05) is 31.0 Å². The maximum Gasteiger partial charge on any atom is 0.274 e. The summed E-state index contributed by atoms with van der Waals surface area (Å²) in [5.74, 6) is 0.584. The van der Waals surface area contributed by atoms with Gasteiger partial charge in [-0.1, -0.05) is 43.7 Å². The number of aliphatic hydroxyl groups is 1. The summed E-state index contributed by atoms with van der Waals surface area (Å²) in [5.41, 5.74) is 2.76. The van der Waals surface area contributed by atoms with Crippen molar-refractivity contribution in [2.24, 2.45) is 18.9 Å². The van der Waals surface area contributed by atoms with E-state index in [-0.39, 0.29) is 24.5 Å². The van der Waals surface area contributed by atoms with E-state index in [4.69, 9.17) is 0 Å². The Balaban J connectivity index is 1.67. The van der Waals surface area contributed by atoms with E-state index < -0.39 is 0 Å². The first kappa shape index (κ1) is 21.5. The van der Waals surface area contributed by atoms with Crippen LogP contribution in [0, 0.1) is 18.8 Å². The van der Waals surface area contributed by atoms with Crippen LogP contribution in [0.4, 0.5) is 0 Å². The third kappa shape index (κ3) is 4.87. The first-order valence-electron chi connectivity index (χ1n) is 10.6. The molecule has 0 bridgehead atoms. The Morgan fingerprint density at radius 2 is 2.03 bits per heavy atom. The Morgan fingerprint density at radius 1 is 1.31 bits per heavy atom.